The highest BCUT2D eigenvalue weighted by Crippen LogP contribution is 2.37. The maximum atomic E-state index is 12.2. The largest absolute Gasteiger partial charge is 0.324 e. The van der Waals surface area contributed by atoms with Gasteiger partial charge in [-0.05, 0) is 40.8 Å². The zero-order valence-electron chi connectivity index (χ0n) is 12.5. The highest BCUT2D eigenvalue weighted by atomic mass is 32.1. The first-order chi connectivity index (χ1) is 11.6. The average molecular weight is 336 g/mol. The molecule has 118 valence electrons. The van der Waals surface area contributed by atoms with Gasteiger partial charge in [-0.3, -0.25) is 14.9 Å². The number of nitro groups is 1. The number of benzene rings is 2. The van der Waals surface area contributed by atoms with E-state index in [2.05, 4.69) is 17.4 Å². The molecule has 0 radical (unpaired) electrons. The van der Waals surface area contributed by atoms with Crippen LogP contribution < -0.4 is 5.32 Å². The Labute approximate surface area is 141 Å². The van der Waals surface area contributed by atoms with Gasteiger partial charge < -0.3 is 5.32 Å². The van der Waals surface area contributed by atoms with Gasteiger partial charge in [0.25, 0.3) is 5.91 Å². The summed E-state index contributed by atoms with van der Waals surface area (Å²) in [5, 5.41) is 15.0. The maximum absolute atomic E-state index is 12.2. The Morgan fingerprint density at radius 3 is 2.67 bits per heavy atom. The third-order valence-electron chi connectivity index (χ3n) is 4.08. The SMILES string of the molecule is O=C(Nc1ccc2c(c1)Cc1ccccc1-2)c1csc([N+](=O)[O-])c1. The number of hydrogen-bond acceptors (Lipinski definition) is 4. The fourth-order valence-corrected chi connectivity index (χ4v) is 3.67. The van der Waals surface area contributed by atoms with E-state index < -0.39 is 4.92 Å². The minimum absolute atomic E-state index is 0.0375. The Morgan fingerprint density at radius 2 is 1.88 bits per heavy atom. The summed E-state index contributed by atoms with van der Waals surface area (Å²) < 4.78 is 0. The zero-order chi connectivity index (χ0) is 16.7. The van der Waals surface area contributed by atoms with Crippen LogP contribution in [-0.2, 0) is 6.42 Å². The van der Waals surface area contributed by atoms with Crippen LogP contribution in [0.15, 0.2) is 53.9 Å². The molecule has 0 atom stereocenters. The van der Waals surface area contributed by atoms with Gasteiger partial charge in [0.1, 0.15) is 0 Å². The molecule has 24 heavy (non-hydrogen) atoms. The van der Waals surface area contributed by atoms with Crippen molar-refractivity contribution in [3.63, 3.8) is 0 Å². The van der Waals surface area contributed by atoms with Crippen LogP contribution in [0, 0.1) is 10.1 Å². The topological polar surface area (TPSA) is 72.2 Å². The molecule has 0 spiro atoms. The number of carbonyl (C=O) groups excluding carboxylic acids is 1. The lowest BCUT2D eigenvalue weighted by molar-refractivity contribution is -0.380. The molecule has 3 aromatic rings. The van der Waals surface area contributed by atoms with Gasteiger partial charge in [0.05, 0.1) is 10.5 Å². The third kappa shape index (κ3) is 2.47. The monoisotopic (exact) mass is 336 g/mol. The summed E-state index contributed by atoms with van der Waals surface area (Å²) in [5.74, 6) is -0.338. The smallest absolute Gasteiger partial charge is 0.322 e. The molecule has 1 aliphatic carbocycles. The highest BCUT2D eigenvalue weighted by molar-refractivity contribution is 7.13. The predicted molar refractivity (Wildman–Crippen MR) is 93.6 cm³/mol. The van der Waals surface area contributed by atoms with Gasteiger partial charge >= 0.3 is 5.00 Å². The van der Waals surface area contributed by atoms with Crippen molar-refractivity contribution >= 4 is 27.9 Å². The molecule has 0 unspecified atom stereocenters. The first-order valence-electron chi connectivity index (χ1n) is 7.37. The molecule has 6 heteroatoms. The molecule has 1 aliphatic rings. The molecule has 0 saturated carbocycles. The van der Waals surface area contributed by atoms with Crippen LogP contribution in [0.25, 0.3) is 11.1 Å². The molecule has 0 saturated heterocycles. The average Bonchev–Trinajstić information content (AvgIpc) is 3.19. The maximum Gasteiger partial charge on any atom is 0.324 e. The molecule has 1 amide bonds. The number of thiophene rings is 1. The van der Waals surface area contributed by atoms with Crippen molar-refractivity contribution in [2.75, 3.05) is 5.32 Å². The normalized spacial score (nSPS) is 11.7. The van der Waals surface area contributed by atoms with Crippen molar-refractivity contribution in [2.45, 2.75) is 6.42 Å². The van der Waals surface area contributed by atoms with E-state index in [0.29, 0.717) is 11.3 Å². The number of amides is 1. The molecule has 0 fully saturated rings. The molecule has 0 bridgehead atoms. The van der Waals surface area contributed by atoms with E-state index in [-0.39, 0.29) is 10.9 Å². The number of fused-ring (bicyclic) bond motifs is 3. The summed E-state index contributed by atoms with van der Waals surface area (Å²) in [6.07, 6.45) is 0.846. The summed E-state index contributed by atoms with van der Waals surface area (Å²) in [5.41, 5.74) is 5.87. The van der Waals surface area contributed by atoms with Crippen LogP contribution in [0.4, 0.5) is 10.7 Å². The van der Waals surface area contributed by atoms with Gasteiger partial charge in [0, 0.05) is 17.1 Å². The first-order valence-corrected chi connectivity index (χ1v) is 8.25. The number of carbonyl (C=O) groups is 1. The van der Waals surface area contributed by atoms with Crippen molar-refractivity contribution in [3.05, 3.63) is 80.7 Å². The van der Waals surface area contributed by atoms with Gasteiger partial charge in [-0.1, -0.05) is 41.7 Å². The van der Waals surface area contributed by atoms with E-state index in [4.69, 9.17) is 0 Å². The summed E-state index contributed by atoms with van der Waals surface area (Å²) in [6.45, 7) is 0. The lowest BCUT2D eigenvalue weighted by atomic mass is 10.1. The van der Waals surface area contributed by atoms with Crippen molar-refractivity contribution < 1.29 is 9.72 Å². The number of rotatable bonds is 3. The van der Waals surface area contributed by atoms with E-state index in [1.165, 1.54) is 33.7 Å². The Hall–Kier alpha value is -2.99. The van der Waals surface area contributed by atoms with Crippen LogP contribution in [0.1, 0.15) is 21.5 Å². The van der Waals surface area contributed by atoms with Crippen LogP contribution in [0.3, 0.4) is 0 Å². The standard InChI is InChI=1S/C18H12N2O3S/c21-18(13-9-17(20(22)23)24-10-13)19-14-5-6-16-12(8-14)7-11-3-1-2-4-15(11)16/h1-6,8-10H,7H2,(H,19,21). The molecule has 1 aromatic heterocycles. The second-order valence-electron chi connectivity index (χ2n) is 5.59. The Bertz CT molecular complexity index is 978. The van der Waals surface area contributed by atoms with E-state index >= 15 is 0 Å². The highest BCUT2D eigenvalue weighted by Gasteiger charge is 2.19. The quantitative estimate of drug-likeness (QED) is 0.443. The van der Waals surface area contributed by atoms with Crippen LogP contribution in [-0.4, -0.2) is 10.8 Å². The fourth-order valence-electron chi connectivity index (χ4n) is 2.97. The second kappa shape index (κ2) is 5.58. The molecule has 1 heterocycles. The van der Waals surface area contributed by atoms with E-state index in [9.17, 15) is 14.9 Å². The lowest BCUT2D eigenvalue weighted by Crippen LogP contribution is -2.11. The van der Waals surface area contributed by atoms with Crippen molar-refractivity contribution in [1.29, 1.82) is 0 Å². The van der Waals surface area contributed by atoms with Crippen molar-refractivity contribution in [3.8, 4) is 11.1 Å². The Morgan fingerprint density at radius 1 is 1.08 bits per heavy atom. The molecule has 4 rings (SSSR count). The molecule has 0 aliphatic heterocycles. The van der Waals surface area contributed by atoms with Crippen molar-refractivity contribution in [2.24, 2.45) is 0 Å². The summed E-state index contributed by atoms with van der Waals surface area (Å²) in [6, 6.07) is 15.4. The molecular formula is C18H12N2O3S. The first kappa shape index (κ1) is 14.6. The fraction of sp³-hybridized carbons (Fsp3) is 0.0556. The zero-order valence-corrected chi connectivity index (χ0v) is 13.3. The van der Waals surface area contributed by atoms with Gasteiger partial charge in [-0.25, -0.2) is 0 Å². The molecule has 1 N–H and O–H groups in total. The van der Waals surface area contributed by atoms with Gasteiger partial charge in [0.2, 0.25) is 0 Å². The van der Waals surface area contributed by atoms with Gasteiger partial charge in [0.15, 0.2) is 0 Å². The molecule has 2 aromatic carbocycles. The van der Waals surface area contributed by atoms with Crippen LogP contribution in [0.5, 0.6) is 0 Å². The third-order valence-corrected chi connectivity index (χ3v) is 4.96. The molecular weight excluding hydrogens is 324 g/mol. The van der Waals surface area contributed by atoms with E-state index in [1.807, 2.05) is 30.3 Å². The van der Waals surface area contributed by atoms with Gasteiger partial charge in [-0.15, -0.1) is 0 Å². The minimum atomic E-state index is -0.492. The van der Waals surface area contributed by atoms with E-state index in [0.717, 1.165) is 17.8 Å². The van der Waals surface area contributed by atoms with Crippen LogP contribution >= 0.6 is 11.3 Å². The number of anilines is 1. The second-order valence-corrected chi connectivity index (χ2v) is 6.48. The lowest BCUT2D eigenvalue weighted by Gasteiger charge is -2.06. The van der Waals surface area contributed by atoms with Gasteiger partial charge in [-0.2, -0.15) is 0 Å². The number of nitrogens with zero attached hydrogens (tertiary/aromatic N) is 1. The summed E-state index contributed by atoms with van der Waals surface area (Å²) >= 11 is 0.948. The Kier molecular flexibility index (Phi) is 3.39. The summed E-state index contributed by atoms with van der Waals surface area (Å²) in [4.78, 5) is 22.5. The Balaban J connectivity index is 1.57. The van der Waals surface area contributed by atoms with E-state index in [1.54, 1.807) is 0 Å². The number of nitrogens with one attached hydrogen (secondary N) is 1. The van der Waals surface area contributed by atoms with Crippen molar-refractivity contribution in [1.82, 2.24) is 0 Å². The number of hydrogen-bond donors (Lipinski definition) is 1. The summed E-state index contributed by atoms with van der Waals surface area (Å²) in [7, 11) is 0. The van der Waals surface area contributed by atoms with Crippen LogP contribution in [0.2, 0.25) is 0 Å². The molecule has 5 nitrogen and oxygen atoms in total. The predicted octanol–water partition coefficient (Wildman–Crippen LogP) is 4.48. The minimum Gasteiger partial charge on any atom is -0.322 e.